The Balaban J connectivity index is 1.63. The van der Waals surface area contributed by atoms with Crippen LogP contribution in [-0.2, 0) is 29.0 Å². The molecule has 0 atom stereocenters. The Morgan fingerprint density at radius 2 is 2.06 bits per heavy atom. The second kappa shape index (κ2) is 10.9. The molecular weight excluding hydrogens is 472 g/mol. The molecular formula is C23H24N6O5S. The minimum Gasteiger partial charge on any atom is -0.383 e. The van der Waals surface area contributed by atoms with Crippen LogP contribution in [-0.4, -0.2) is 39.3 Å². The summed E-state index contributed by atoms with van der Waals surface area (Å²) in [6.07, 6.45) is 0.149. The maximum Gasteiger partial charge on any atom is 0.330 e. The number of ether oxygens (including phenoxy) is 1. The average molecular weight is 497 g/mol. The first-order chi connectivity index (χ1) is 17.0. The van der Waals surface area contributed by atoms with Crippen LogP contribution in [0.25, 0.3) is 11.4 Å². The molecule has 4 rings (SSSR count). The normalized spacial score (nSPS) is 11.0. The number of thiophene rings is 1. The number of nitrogens with zero attached hydrogens (tertiary/aromatic N) is 4. The van der Waals surface area contributed by atoms with Gasteiger partial charge in [-0.05, 0) is 17.0 Å². The number of carbonyl (C=O) groups is 1. The molecule has 1 amide bonds. The highest BCUT2D eigenvalue weighted by atomic mass is 32.1. The van der Waals surface area contributed by atoms with E-state index in [0.29, 0.717) is 11.7 Å². The average Bonchev–Trinajstić information content (AvgIpc) is 3.54. The summed E-state index contributed by atoms with van der Waals surface area (Å²) in [5, 5.41) is 7.76. The summed E-state index contributed by atoms with van der Waals surface area (Å²) in [5.41, 5.74) is 6.33. The van der Waals surface area contributed by atoms with E-state index in [1.165, 1.54) is 27.9 Å². The number of H-pyrrole nitrogens is 1. The molecule has 11 nitrogen and oxygen atoms in total. The molecule has 0 saturated carbocycles. The van der Waals surface area contributed by atoms with Crippen molar-refractivity contribution < 1.29 is 14.1 Å². The third-order valence-electron chi connectivity index (χ3n) is 5.29. The van der Waals surface area contributed by atoms with Gasteiger partial charge < -0.3 is 19.9 Å². The first-order valence-corrected chi connectivity index (χ1v) is 11.7. The molecule has 1 aromatic carbocycles. The van der Waals surface area contributed by atoms with Gasteiger partial charge in [-0.3, -0.25) is 19.1 Å². The lowest BCUT2D eigenvalue weighted by atomic mass is 10.1. The van der Waals surface area contributed by atoms with Crippen molar-refractivity contribution in [2.75, 3.05) is 24.4 Å². The second-order valence-corrected chi connectivity index (χ2v) is 8.41. The molecule has 12 heteroatoms. The Labute approximate surface area is 203 Å². The van der Waals surface area contributed by atoms with Crippen LogP contribution in [0.3, 0.4) is 0 Å². The third-order valence-corrected chi connectivity index (χ3v) is 5.97. The molecule has 0 aliphatic carbocycles. The summed E-state index contributed by atoms with van der Waals surface area (Å²) in [7, 11) is 1.49. The maximum atomic E-state index is 13.4. The van der Waals surface area contributed by atoms with Crippen LogP contribution >= 0.6 is 11.3 Å². The Morgan fingerprint density at radius 3 is 2.77 bits per heavy atom. The molecule has 0 radical (unpaired) electrons. The number of anilines is 2. The molecule has 0 unspecified atom stereocenters. The van der Waals surface area contributed by atoms with Gasteiger partial charge in [-0.1, -0.05) is 35.5 Å². The van der Waals surface area contributed by atoms with Gasteiger partial charge in [0.25, 0.3) is 5.56 Å². The molecule has 3 heterocycles. The van der Waals surface area contributed by atoms with Crippen LogP contribution in [0.5, 0.6) is 0 Å². The van der Waals surface area contributed by atoms with Gasteiger partial charge in [0.15, 0.2) is 5.69 Å². The maximum absolute atomic E-state index is 13.4. The van der Waals surface area contributed by atoms with Crippen molar-refractivity contribution >= 4 is 28.7 Å². The Morgan fingerprint density at radius 1 is 1.26 bits per heavy atom. The summed E-state index contributed by atoms with van der Waals surface area (Å²) in [6.45, 7) is 0.400. The molecule has 182 valence electrons. The van der Waals surface area contributed by atoms with E-state index in [-0.39, 0.29) is 44.0 Å². The van der Waals surface area contributed by atoms with E-state index in [1.807, 2.05) is 47.2 Å². The highest BCUT2D eigenvalue weighted by Gasteiger charge is 2.25. The largest absolute Gasteiger partial charge is 0.383 e. The number of carbonyl (C=O) groups excluding carboxylic acids is 1. The number of hydrogen-bond acceptors (Lipinski definition) is 9. The van der Waals surface area contributed by atoms with Crippen LogP contribution in [0.1, 0.15) is 17.9 Å². The lowest BCUT2D eigenvalue weighted by molar-refractivity contribution is -0.118. The number of nitrogens with one attached hydrogen (secondary N) is 1. The highest BCUT2D eigenvalue weighted by molar-refractivity contribution is 7.08. The van der Waals surface area contributed by atoms with Gasteiger partial charge in [0.2, 0.25) is 17.6 Å². The number of benzene rings is 1. The number of rotatable bonds is 10. The second-order valence-electron chi connectivity index (χ2n) is 7.63. The summed E-state index contributed by atoms with van der Waals surface area (Å²) in [4.78, 5) is 46.4. The molecule has 0 spiro atoms. The lowest BCUT2D eigenvalue weighted by Gasteiger charge is -2.24. The van der Waals surface area contributed by atoms with Crippen molar-refractivity contribution in [1.29, 1.82) is 0 Å². The van der Waals surface area contributed by atoms with E-state index < -0.39 is 17.2 Å². The van der Waals surface area contributed by atoms with Crippen LogP contribution in [0.4, 0.5) is 11.5 Å². The van der Waals surface area contributed by atoms with Gasteiger partial charge in [0.05, 0.1) is 19.7 Å². The minimum absolute atomic E-state index is 0.0197. The first-order valence-electron chi connectivity index (χ1n) is 10.8. The summed E-state index contributed by atoms with van der Waals surface area (Å²) >= 11 is 1.52. The number of nitrogen functional groups attached to an aromatic ring is 1. The van der Waals surface area contributed by atoms with Crippen LogP contribution in [0.15, 0.2) is 61.3 Å². The lowest BCUT2D eigenvalue weighted by Crippen LogP contribution is -2.41. The van der Waals surface area contributed by atoms with Crippen LogP contribution in [0.2, 0.25) is 0 Å². The summed E-state index contributed by atoms with van der Waals surface area (Å²) in [5.74, 6) is 0.239. The van der Waals surface area contributed by atoms with Gasteiger partial charge in [-0.15, -0.1) is 0 Å². The predicted octanol–water partition coefficient (Wildman–Crippen LogP) is 2.04. The van der Waals surface area contributed by atoms with Crippen molar-refractivity contribution in [3.63, 3.8) is 0 Å². The minimum atomic E-state index is -0.747. The van der Waals surface area contributed by atoms with Crippen molar-refractivity contribution in [1.82, 2.24) is 19.7 Å². The van der Waals surface area contributed by atoms with Crippen LogP contribution < -0.4 is 21.9 Å². The third kappa shape index (κ3) is 5.55. The van der Waals surface area contributed by atoms with Gasteiger partial charge >= 0.3 is 5.69 Å². The van der Waals surface area contributed by atoms with Gasteiger partial charge in [0, 0.05) is 30.9 Å². The Hall–Kier alpha value is -4.03. The van der Waals surface area contributed by atoms with Crippen LogP contribution in [0, 0.1) is 0 Å². The Bertz CT molecular complexity index is 1390. The van der Waals surface area contributed by atoms with Gasteiger partial charge in [-0.2, -0.15) is 16.3 Å². The highest BCUT2D eigenvalue weighted by Crippen LogP contribution is 2.22. The molecule has 35 heavy (non-hydrogen) atoms. The SMILES string of the molecule is COCCn1c(N)c(N(Cc2ccccc2)C(=O)CCc2nc(-c3ccsc3)no2)c(=O)[nH]c1=O. The molecule has 0 bridgehead atoms. The molecule has 3 aromatic heterocycles. The number of methoxy groups -OCH3 is 1. The first kappa shape index (κ1) is 24.1. The number of aryl methyl sites for hydroxylation is 1. The van der Waals surface area contributed by atoms with Crippen molar-refractivity contribution in [3.05, 3.63) is 79.5 Å². The van der Waals surface area contributed by atoms with E-state index in [4.69, 9.17) is 15.0 Å². The zero-order valence-corrected chi connectivity index (χ0v) is 19.8. The number of nitrogens with two attached hydrogens (primary N) is 1. The fraction of sp³-hybridized carbons (Fsp3) is 0.261. The van der Waals surface area contributed by atoms with E-state index in [1.54, 1.807) is 0 Å². The molecule has 3 N–H and O–H groups in total. The van der Waals surface area contributed by atoms with E-state index >= 15 is 0 Å². The molecule has 0 saturated heterocycles. The zero-order valence-electron chi connectivity index (χ0n) is 19.0. The standard InChI is InChI=1S/C23H24N6O5S/c1-33-11-10-28-20(24)19(22(31)26-23(28)32)29(13-15-5-3-2-4-6-15)18(30)8-7-17-25-21(27-34-17)16-9-12-35-14-16/h2-6,9,12,14H,7-8,10-11,13,24H2,1H3,(H,26,31,32). The smallest absolute Gasteiger partial charge is 0.330 e. The quantitative estimate of drug-likeness (QED) is 0.339. The van der Waals surface area contributed by atoms with Crippen molar-refractivity contribution in [2.45, 2.75) is 25.9 Å². The predicted molar refractivity (Wildman–Crippen MR) is 131 cm³/mol. The number of aromatic amines is 1. The monoisotopic (exact) mass is 496 g/mol. The number of aromatic nitrogens is 4. The number of amides is 1. The Kier molecular flexibility index (Phi) is 7.53. The van der Waals surface area contributed by atoms with Crippen molar-refractivity contribution in [2.24, 2.45) is 0 Å². The molecule has 4 aromatic rings. The molecule has 0 aliphatic heterocycles. The number of hydrogen-bond donors (Lipinski definition) is 2. The molecule has 0 fully saturated rings. The fourth-order valence-electron chi connectivity index (χ4n) is 3.51. The fourth-order valence-corrected chi connectivity index (χ4v) is 4.15. The van der Waals surface area contributed by atoms with E-state index in [0.717, 1.165) is 11.1 Å². The van der Waals surface area contributed by atoms with Gasteiger partial charge in [0.1, 0.15) is 5.82 Å². The van der Waals surface area contributed by atoms with Crippen molar-refractivity contribution in [3.8, 4) is 11.4 Å². The summed E-state index contributed by atoms with van der Waals surface area (Å²) < 4.78 is 11.5. The van der Waals surface area contributed by atoms with E-state index in [2.05, 4.69) is 15.1 Å². The van der Waals surface area contributed by atoms with Gasteiger partial charge in [-0.25, -0.2) is 4.79 Å². The molecule has 0 aliphatic rings. The topological polar surface area (TPSA) is 149 Å². The summed E-state index contributed by atoms with van der Waals surface area (Å²) in [6, 6.07) is 11.0. The van der Waals surface area contributed by atoms with E-state index in [9.17, 15) is 14.4 Å². The zero-order chi connectivity index (χ0) is 24.8.